The number of aromatic nitrogens is 2. The fraction of sp³-hybridized carbons (Fsp3) is 0.269. The van der Waals surface area contributed by atoms with Crippen LogP contribution in [0.4, 0.5) is 11.5 Å². The summed E-state index contributed by atoms with van der Waals surface area (Å²) < 4.78 is 43.0. The molecule has 3 rings (SSSR count). The number of thiocarbonyl (C=S) groups is 1. The Morgan fingerprint density at radius 3 is 2.35 bits per heavy atom. The Morgan fingerprint density at radius 2 is 1.68 bits per heavy atom. The van der Waals surface area contributed by atoms with Crippen LogP contribution in [0.2, 0.25) is 0 Å². The van der Waals surface area contributed by atoms with E-state index in [0.717, 1.165) is 12.0 Å². The molecule has 3 N–H and O–H groups in total. The number of benzene rings is 2. The lowest BCUT2D eigenvalue weighted by Gasteiger charge is -2.12. The van der Waals surface area contributed by atoms with E-state index in [1.54, 1.807) is 0 Å². The number of nitrogens with zero attached hydrogens (tertiary/aromatic N) is 2. The Labute approximate surface area is 237 Å². The fourth-order valence-corrected chi connectivity index (χ4v) is 4.54. The number of rotatable bonds is 13. The minimum Gasteiger partial charge on any atom is -0.481 e. The van der Waals surface area contributed by atoms with Gasteiger partial charge in [-0.05, 0) is 54.9 Å². The Bertz CT molecular complexity index is 1400. The number of amides is 1. The van der Waals surface area contributed by atoms with Gasteiger partial charge in [-0.25, -0.2) is 8.42 Å². The lowest BCUT2D eigenvalue weighted by Crippen LogP contribution is -2.34. The quantitative estimate of drug-likeness (QED) is 0.153. The molecule has 0 saturated heterocycles. The Hall–Kier alpha value is -4.30. The van der Waals surface area contributed by atoms with Crippen molar-refractivity contribution in [2.75, 3.05) is 30.9 Å². The molecule has 1 heterocycles. The second-order valence-electron chi connectivity index (χ2n) is 8.22. The molecule has 1 aromatic heterocycles. The van der Waals surface area contributed by atoms with E-state index in [1.165, 1.54) is 44.6 Å². The predicted molar refractivity (Wildman–Crippen MR) is 152 cm³/mol. The van der Waals surface area contributed by atoms with E-state index in [0.29, 0.717) is 12.1 Å². The van der Waals surface area contributed by atoms with Crippen LogP contribution in [0.15, 0.2) is 65.6 Å². The highest BCUT2D eigenvalue weighted by Crippen LogP contribution is 2.21. The van der Waals surface area contributed by atoms with E-state index in [2.05, 4.69) is 25.3 Å². The van der Waals surface area contributed by atoms with Crippen molar-refractivity contribution >= 4 is 50.7 Å². The first kappa shape index (κ1) is 30.2. The van der Waals surface area contributed by atoms with Crippen LogP contribution < -0.4 is 24.8 Å². The number of methoxy groups -OCH3 is 2. The maximum Gasteiger partial charge on any atom is 0.321 e. The van der Waals surface area contributed by atoms with Crippen LogP contribution in [0, 0.1) is 0 Å². The van der Waals surface area contributed by atoms with Crippen LogP contribution in [0.5, 0.6) is 11.9 Å². The van der Waals surface area contributed by atoms with E-state index >= 15 is 0 Å². The van der Waals surface area contributed by atoms with Crippen molar-refractivity contribution in [2.24, 2.45) is 0 Å². The van der Waals surface area contributed by atoms with Gasteiger partial charge in [-0.1, -0.05) is 30.3 Å². The van der Waals surface area contributed by atoms with E-state index in [1.807, 2.05) is 30.3 Å². The third kappa shape index (κ3) is 9.78. The Morgan fingerprint density at radius 1 is 0.950 bits per heavy atom. The zero-order chi connectivity index (χ0) is 29.0. The molecule has 40 heavy (non-hydrogen) atoms. The number of hydrogen-bond acceptors (Lipinski definition) is 10. The molecule has 0 aliphatic rings. The van der Waals surface area contributed by atoms with Crippen molar-refractivity contribution < 1.29 is 32.2 Å². The van der Waals surface area contributed by atoms with E-state index < -0.39 is 21.9 Å². The maximum atomic E-state index is 12.8. The summed E-state index contributed by atoms with van der Waals surface area (Å²) in [6.07, 6.45) is 1.31. The molecule has 212 valence electrons. The summed E-state index contributed by atoms with van der Waals surface area (Å²) >= 11 is 5.14. The number of nitrogens with one attached hydrogen (secondary N) is 3. The van der Waals surface area contributed by atoms with E-state index in [-0.39, 0.29) is 47.2 Å². The van der Waals surface area contributed by atoms with Gasteiger partial charge in [0, 0.05) is 18.2 Å². The zero-order valence-electron chi connectivity index (χ0n) is 21.9. The first-order valence-electron chi connectivity index (χ1n) is 12.1. The molecule has 2 aromatic carbocycles. The minimum absolute atomic E-state index is 0.00450. The van der Waals surface area contributed by atoms with Crippen molar-refractivity contribution in [2.45, 2.75) is 30.6 Å². The standard InChI is InChI=1S/C26H29N5O7S2/c1-36-23-17-21(28-25(30-23)37-2)31-40(34,35)20-12-10-19(11-13-20)27-26(39)29-22(32)14-15-24(33)38-16-6-9-18-7-4-3-5-8-18/h3-5,7-8,10-13,17H,6,9,14-16H2,1-2H3,(H,28,30,31)(H2,27,29,32,39). The first-order chi connectivity index (χ1) is 19.2. The van der Waals surface area contributed by atoms with Gasteiger partial charge in [0.1, 0.15) is 0 Å². The molecular weight excluding hydrogens is 558 g/mol. The summed E-state index contributed by atoms with van der Waals surface area (Å²) in [4.78, 5) is 31.9. The number of ether oxygens (including phenoxy) is 3. The number of hydrogen-bond donors (Lipinski definition) is 3. The number of esters is 1. The lowest BCUT2D eigenvalue weighted by atomic mass is 10.1. The van der Waals surface area contributed by atoms with Gasteiger partial charge >= 0.3 is 12.0 Å². The van der Waals surface area contributed by atoms with Gasteiger partial charge in [-0.15, -0.1) is 0 Å². The topological polar surface area (TPSA) is 158 Å². The zero-order valence-corrected chi connectivity index (χ0v) is 23.5. The summed E-state index contributed by atoms with van der Waals surface area (Å²) in [5, 5.41) is 5.26. The fourth-order valence-electron chi connectivity index (χ4n) is 3.31. The number of aryl methyl sites for hydroxylation is 1. The highest BCUT2D eigenvalue weighted by Gasteiger charge is 2.17. The molecule has 0 bridgehead atoms. The van der Waals surface area contributed by atoms with Gasteiger partial charge in [0.25, 0.3) is 10.0 Å². The summed E-state index contributed by atoms with van der Waals surface area (Å²) in [7, 11) is -1.27. The van der Waals surface area contributed by atoms with Crippen LogP contribution in [-0.2, 0) is 30.8 Å². The summed E-state index contributed by atoms with van der Waals surface area (Å²) in [5.74, 6) is -0.842. The minimum atomic E-state index is -3.99. The van der Waals surface area contributed by atoms with Gasteiger partial charge in [0.2, 0.25) is 11.8 Å². The summed E-state index contributed by atoms with van der Waals surface area (Å²) in [5.41, 5.74) is 1.60. The average Bonchev–Trinajstić information content (AvgIpc) is 2.94. The molecule has 0 radical (unpaired) electrons. The second-order valence-corrected chi connectivity index (χ2v) is 10.3. The molecule has 0 unspecified atom stereocenters. The van der Waals surface area contributed by atoms with Crippen LogP contribution in [0.25, 0.3) is 0 Å². The van der Waals surface area contributed by atoms with Crippen molar-refractivity contribution in [3.05, 3.63) is 66.2 Å². The molecule has 0 aliphatic heterocycles. The molecular formula is C26H29N5O7S2. The summed E-state index contributed by atoms with van der Waals surface area (Å²) in [6.45, 7) is 0.276. The molecule has 0 spiro atoms. The Balaban J connectivity index is 1.41. The highest BCUT2D eigenvalue weighted by molar-refractivity contribution is 7.92. The van der Waals surface area contributed by atoms with Gasteiger partial charge in [0.15, 0.2) is 10.9 Å². The largest absolute Gasteiger partial charge is 0.481 e. The third-order valence-corrected chi connectivity index (χ3v) is 6.83. The number of anilines is 2. The molecule has 14 heteroatoms. The molecule has 0 aliphatic carbocycles. The SMILES string of the molecule is COc1cc(NS(=O)(=O)c2ccc(NC(=S)NC(=O)CCC(=O)OCCCc3ccccc3)cc2)nc(OC)n1. The molecule has 0 fully saturated rings. The first-order valence-corrected chi connectivity index (χ1v) is 14.0. The van der Waals surface area contributed by atoms with E-state index in [4.69, 9.17) is 26.4 Å². The van der Waals surface area contributed by atoms with Crippen LogP contribution in [-0.4, -0.2) is 56.2 Å². The average molecular weight is 588 g/mol. The summed E-state index contributed by atoms with van der Waals surface area (Å²) in [6, 6.07) is 16.7. The van der Waals surface area contributed by atoms with Gasteiger partial charge in [-0.3, -0.25) is 14.3 Å². The Kier molecular flexibility index (Phi) is 11.1. The smallest absolute Gasteiger partial charge is 0.321 e. The van der Waals surface area contributed by atoms with Crippen LogP contribution in [0.3, 0.4) is 0 Å². The van der Waals surface area contributed by atoms with Crippen LogP contribution >= 0.6 is 12.2 Å². The number of carbonyl (C=O) groups excluding carboxylic acids is 2. The van der Waals surface area contributed by atoms with Crippen molar-refractivity contribution in [1.82, 2.24) is 15.3 Å². The molecule has 0 saturated carbocycles. The predicted octanol–water partition coefficient (Wildman–Crippen LogP) is 3.06. The van der Waals surface area contributed by atoms with Crippen molar-refractivity contribution in [3.8, 4) is 11.9 Å². The normalized spacial score (nSPS) is 10.8. The van der Waals surface area contributed by atoms with Crippen molar-refractivity contribution in [1.29, 1.82) is 0 Å². The molecule has 0 atom stereocenters. The second kappa shape index (κ2) is 14.7. The lowest BCUT2D eigenvalue weighted by molar-refractivity contribution is -0.145. The maximum absolute atomic E-state index is 12.8. The molecule has 12 nitrogen and oxygen atoms in total. The monoisotopic (exact) mass is 587 g/mol. The van der Waals surface area contributed by atoms with Crippen LogP contribution in [0.1, 0.15) is 24.8 Å². The number of sulfonamides is 1. The number of carbonyl (C=O) groups is 2. The molecule has 3 aromatic rings. The van der Waals surface area contributed by atoms with Gasteiger partial charge in [0.05, 0.1) is 32.1 Å². The third-order valence-electron chi connectivity index (χ3n) is 5.26. The van der Waals surface area contributed by atoms with Gasteiger partial charge < -0.3 is 24.8 Å². The molecule has 1 amide bonds. The van der Waals surface area contributed by atoms with Gasteiger partial charge in [-0.2, -0.15) is 9.97 Å². The van der Waals surface area contributed by atoms with Crippen molar-refractivity contribution in [3.63, 3.8) is 0 Å². The highest BCUT2D eigenvalue weighted by atomic mass is 32.2. The van der Waals surface area contributed by atoms with E-state index in [9.17, 15) is 18.0 Å².